The number of methoxy groups -OCH3 is 2. The van der Waals surface area contributed by atoms with Crippen molar-refractivity contribution in [3.8, 4) is 34.0 Å². The number of aromatic nitrogens is 3. The number of halogens is 3. The van der Waals surface area contributed by atoms with Crippen molar-refractivity contribution < 1.29 is 9.47 Å². The zero-order chi connectivity index (χ0) is 20.0. The number of hydrogen-bond donors (Lipinski definition) is 0. The molecule has 0 saturated carbocycles. The van der Waals surface area contributed by atoms with Gasteiger partial charge in [-0.05, 0) is 46.9 Å². The lowest BCUT2D eigenvalue weighted by Gasteiger charge is -2.13. The van der Waals surface area contributed by atoms with Gasteiger partial charge in [-0.1, -0.05) is 17.7 Å². The van der Waals surface area contributed by atoms with Gasteiger partial charge in [-0.2, -0.15) is 0 Å². The summed E-state index contributed by atoms with van der Waals surface area (Å²) < 4.78 is 16.0. The number of ether oxygens (including phenoxy) is 2. The van der Waals surface area contributed by atoms with E-state index < -0.39 is 0 Å². The van der Waals surface area contributed by atoms with Gasteiger partial charge in [0.15, 0.2) is 11.5 Å². The lowest BCUT2D eigenvalue weighted by Crippen LogP contribution is -1.96. The highest BCUT2D eigenvalue weighted by molar-refractivity contribution is 14.1. The highest BCUT2D eigenvalue weighted by Gasteiger charge is 2.18. The Hall–Kier alpha value is -1.90. The molecular weight excluding hydrogens is 524 g/mol. The number of aryl methyl sites for hydroxylation is 2. The lowest BCUT2D eigenvalue weighted by atomic mass is 10.0. The van der Waals surface area contributed by atoms with E-state index in [1.54, 1.807) is 14.2 Å². The average Bonchev–Trinajstić information content (AvgIpc) is 3.20. The van der Waals surface area contributed by atoms with Crippen LogP contribution in [0.4, 0.5) is 0 Å². The fourth-order valence-corrected chi connectivity index (χ4v) is 4.65. The Morgan fingerprint density at radius 1 is 1.00 bits per heavy atom. The van der Waals surface area contributed by atoms with E-state index in [1.807, 2.05) is 41.8 Å². The van der Waals surface area contributed by atoms with E-state index in [2.05, 4.69) is 51.8 Å². The molecule has 0 amide bonds. The van der Waals surface area contributed by atoms with Gasteiger partial charge < -0.3 is 18.6 Å². The minimum absolute atomic E-state index is 0. The van der Waals surface area contributed by atoms with E-state index in [0.717, 1.165) is 47.8 Å². The van der Waals surface area contributed by atoms with Crippen LogP contribution < -0.4 is 9.47 Å². The third-order valence-electron chi connectivity index (χ3n) is 4.86. The molecule has 5 nitrogen and oxygen atoms in total. The Labute approximate surface area is 194 Å². The number of imidazole rings is 1. The highest BCUT2D eigenvalue weighted by atomic mass is 127. The molecule has 0 bridgehead atoms. The number of nitrogens with zero attached hydrogens (tertiary/aromatic N) is 3. The molecule has 152 valence electrons. The van der Waals surface area contributed by atoms with E-state index in [-0.39, 0.29) is 12.4 Å². The van der Waals surface area contributed by atoms with Crippen molar-refractivity contribution in [2.24, 2.45) is 14.1 Å². The molecule has 2 aromatic heterocycles. The van der Waals surface area contributed by atoms with Gasteiger partial charge in [-0.15, -0.1) is 12.4 Å². The quantitative estimate of drug-likeness (QED) is 0.299. The van der Waals surface area contributed by atoms with Crippen molar-refractivity contribution in [1.82, 2.24) is 14.1 Å². The van der Waals surface area contributed by atoms with Crippen LogP contribution in [0.15, 0.2) is 42.9 Å². The first-order chi connectivity index (χ1) is 13.4. The van der Waals surface area contributed by atoms with Gasteiger partial charge >= 0.3 is 0 Å². The van der Waals surface area contributed by atoms with Crippen molar-refractivity contribution in [1.29, 1.82) is 0 Å². The molecule has 0 fully saturated rings. The number of hydrogen-bond acceptors (Lipinski definition) is 3. The van der Waals surface area contributed by atoms with Gasteiger partial charge in [-0.3, -0.25) is 0 Å². The van der Waals surface area contributed by atoms with Crippen LogP contribution in [-0.4, -0.2) is 28.3 Å². The summed E-state index contributed by atoms with van der Waals surface area (Å²) in [5.41, 5.74) is 5.02. The van der Waals surface area contributed by atoms with Crippen LogP contribution in [0.5, 0.6) is 11.5 Å². The standard InChI is InChI=1S/C21H19ClIN3O2.ClH/c1-25-10-15(22)14-7-12(5-6-17(14)25)20-19(24-11-26(20)2)13-8-16(23)21(28-4)18(9-13)27-3;/h5-11H,1-4H3;1H. The van der Waals surface area contributed by atoms with Gasteiger partial charge in [0.05, 0.1) is 40.5 Å². The second-order valence-corrected chi connectivity index (χ2v) is 8.14. The van der Waals surface area contributed by atoms with Crippen LogP contribution in [0.1, 0.15) is 0 Å². The molecule has 0 aliphatic carbocycles. The zero-order valence-corrected chi connectivity index (χ0v) is 20.1. The summed E-state index contributed by atoms with van der Waals surface area (Å²) in [5, 5.41) is 1.76. The first-order valence-corrected chi connectivity index (χ1v) is 10.1. The summed E-state index contributed by atoms with van der Waals surface area (Å²) in [7, 11) is 7.27. The van der Waals surface area contributed by atoms with Crippen molar-refractivity contribution in [3.05, 3.63) is 51.4 Å². The molecule has 2 aromatic carbocycles. The molecular formula is C21H20Cl2IN3O2. The molecule has 29 heavy (non-hydrogen) atoms. The van der Waals surface area contributed by atoms with Crippen LogP contribution in [0.3, 0.4) is 0 Å². The predicted molar refractivity (Wildman–Crippen MR) is 129 cm³/mol. The number of rotatable bonds is 4. The first-order valence-electron chi connectivity index (χ1n) is 8.62. The van der Waals surface area contributed by atoms with Crippen LogP contribution >= 0.6 is 46.6 Å². The van der Waals surface area contributed by atoms with Gasteiger partial charge in [0.2, 0.25) is 0 Å². The SMILES string of the molecule is COc1cc(-c2ncn(C)c2-c2ccc3c(c2)c(Cl)cn3C)cc(I)c1OC.Cl. The maximum atomic E-state index is 6.43. The molecule has 0 N–H and O–H groups in total. The monoisotopic (exact) mass is 543 g/mol. The molecule has 0 unspecified atom stereocenters. The maximum absolute atomic E-state index is 6.43. The maximum Gasteiger partial charge on any atom is 0.174 e. The minimum Gasteiger partial charge on any atom is -0.493 e. The van der Waals surface area contributed by atoms with Crippen molar-refractivity contribution in [2.45, 2.75) is 0 Å². The molecule has 4 aromatic rings. The van der Waals surface area contributed by atoms with Crippen LogP contribution in [-0.2, 0) is 14.1 Å². The van der Waals surface area contributed by atoms with E-state index in [4.69, 9.17) is 21.1 Å². The largest absolute Gasteiger partial charge is 0.493 e. The van der Waals surface area contributed by atoms with E-state index in [0.29, 0.717) is 5.75 Å². The lowest BCUT2D eigenvalue weighted by molar-refractivity contribution is 0.353. The zero-order valence-electron chi connectivity index (χ0n) is 16.4. The molecule has 0 atom stereocenters. The van der Waals surface area contributed by atoms with Crippen LogP contribution in [0.2, 0.25) is 5.02 Å². The molecule has 0 aliphatic rings. The van der Waals surface area contributed by atoms with Crippen molar-refractivity contribution in [2.75, 3.05) is 14.2 Å². The average molecular weight is 544 g/mol. The molecule has 2 heterocycles. The van der Waals surface area contributed by atoms with Gasteiger partial charge in [0.25, 0.3) is 0 Å². The third kappa shape index (κ3) is 3.69. The van der Waals surface area contributed by atoms with Crippen LogP contribution in [0, 0.1) is 3.57 Å². The predicted octanol–water partition coefficient (Wildman–Crippen LogP) is 5.94. The first kappa shape index (κ1) is 21.8. The number of benzene rings is 2. The molecule has 0 saturated heterocycles. The summed E-state index contributed by atoms with van der Waals surface area (Å²) in [4.78, 5) is 4.67. The second kappa shape index (κ2) is 8.45. The Bertz CT molecular complexity index is 1200. The Morgan fingerprint density at radius 3 is 2.45 bits per heavy atom. The summed E-state index contributed by atoms with van der Waals surface area (Å²) in [6.07, 6.45) is 3.75. The summed E-state index contributed by atoms with van der Waals surface area (Å²) in [6.45, 7) is 0. The number of fused-ring (bicyclic) bond motifs is 1. The molecule has 8 heteroatoms. The molecule has 0 radical (unpaired) electrons. The smallest absolute Gasteiger partial charge is 0.174 e. The van der Waals surface area contributed by atoms with Crippen LogP contribution in [0.25, 0.3) is 33.4 Å². The fourth-order valence-electron chi connectivity index (χ4n) is 3.53. The summed E-state index contributed by atoms with van der Waals surface area (Å²) >= 11 is 8.68. The second-order valence-electron chi connectivity index (χ2n) is 6.57. The highest BCUT2D eigenvalue weighted by Crippen LogP contribution is 2.40. The van der Waals surface area contributed by atoms with E-state index in [1.165, 1.54) is 0 Å². The van der Waals surface area contributed by atoms with Crippen molar-refractivity contribution in [3.63, 3.8) is 0 Å². The van der Waals surface area contributed by atoms with E-state index >= 15 is 0 Å². The topological polar surface area (TPSA) is 41.2 Å². The molecule has 4 rings (SSSR count). The molecule has 0 aliphatic heterocycles. The van der Waals surface area contributed by atoms with E-state index in [9.17, 15) is 0 Å². The van der Waals surface area contributed by atoms with Gasteiger partial charge in [0.1, 0.15) is 0 Å². The Balaban J connectivity index is 0.00000240. The van der Waals surface area contributed by atoms with Gasteiger partial charge in [0, 0.05) is 42.3 Å². The summed E-state index contributed by atoms with van der Waals surface area (Å²) in [5.74, 6) is 1.41. The third-order valence-corrected chi connectivity index (χ3v) is 5.96. The minimum atomic E-state index is 0. The Morgan fingerprint density at radius 2 is 1.76 bits per heavy atom. The van der Waals surface area contributed by atoms with Crippen molar-refractivity contribution >= 4 is 57.5 Å². The van der Waals surface area contributed by atoms with Gasteiger partial charge in [-0.25, -0.2) is 4.98 Å². The fraction of sp³-hybridized carbons (Fsp3) is 0.190. The Kier molecular flexibility index (Phi) is 6.36. The molecule has 0 spiro atoms. The summed E-state index contributed by atoms with van der Waals surface area (Å²) in [6, 6.07) is 10.3. The normalized spacial score (nSPS) is 10.8.